The van der Waals surface area contributed by atoms with E-state index >= 15 is 0 Å². The first-order valence-corrected chi connectivity index (χ1v) is 7.33. The van der Waals surface area contributed by atoms with Gasteiger partial charge in [0.25, 0.3) is 0 Å². The molecule has 2 aliphatic rings. The van der Waals surface area contributed by atoms with Crippen LogP contribution < -0.4 is 5.32 Å². The highest BCUT2D eigenvalue weighted by atomic mass is 35.5. The molecular formula is C14H26Cl2N4. The van der Waals surface area contributed by atoms with Crippen molar-refractivity contribution in [2.75, 3.05) is 26.2 Å². The Morgan fingerprint density at radius 2 is 1.80 bits per heavy atom. The second-order valence-electron chi connectivity index (χ2n) is 5.74. The van der Waals surface area contributed by atoms with Gasteiger partial charge in [-0.3, -0.25) is 4.68 Å². The van der Waals surface area contributed by atoms with Gasteiger partial charge in [0, 0.05) is 25.0 Å². The molecule has 0 atom stereocenters. The van der Waals surface area contributed by atoms with E-state index in [0.29, 0.717) is 0 Å². The van der Waals surface area contributed by atoms with Crippen molar-refractivity contribution >= 4 is 24.8 Å². The van der Waals surface area contributed by atoms with Crippen molar-refractivity contribution in [3.05, 3.63) is 18.5 Å². The molecule has 0 radical (unpaired) electrons. The van der Waals surface area contributed by atoms with Crippen LogP contribution in [0.4, 0.5) is 0 Å². The molecule has 116 valence electrons. The molecule has 0 unspecified atom stereocenters. The summed E-state index contributed by atoms with van der Waals surface area (Å²) in [7, 11) is 0. The number of likely N-dealkylation sites (tertiary alicyclic amines) is 1. The van der Waals surface area contributed by atoms with Crippen molar-refractivity contribution in [1.29, 1.82) is 0 Å². The lowest BCUT2D eigenvalue weighted by Crippen LogP contribution is -2.43. The van der Waals surface area contributed by atoms with Gasteiger partial charge in [0.1, 0.15) is 0 Å². The fourth-order valence-corrected chi connectivity index (χ4v) is 2.69. The summed E-state index contributed by atoms with van der Waals surface area (Å²) in [5, 5.41) is 7.98. The molecule has 1 N–H and O–H groups in total. The summed E-state index contributed by atoms with van der Waals surface area (Å²) in [4.78, 5) is 2.57. The highest BCUT2D eigenvalue weighted by Gasteiger charge is 2.24. The Labute approximate surface area is 134 Å². The summed E-state index contributed by atoms with van der Waals surface area (Å²) >= 11 is 0. The van der Waals surface area contributed by atoms with Crippen molar-refractivity contribution in [2.45, 2.75) is 38.3 Å². The summed E-state index contributed by atoms with van der Waals surface area (Å²) in [6.45, 7) is 5.90. The van der Waals surface area contributed by atoms with Gasteiger partial charge in [-0.05, 0) is 57.3 Å². The van der Waals surface area contributed by atoms with Gasteiger partial charge in [-0.1, -0.05) is 0 Å². The Morgan fingerprint density at radius 3 is 2.40 bits per heavy atom. The number of nitrogens with zero attached hydrogens (tertiary/aromatic N) is 3. The van der Waals surface area contributed by atoms with Crippen LogP contribution in [0.15, 0.2) is 18.5 Å². The molecule has 3 rings (SSSR count). The number of rotatable bonds is 6. The monoisotopic (exact) mass is 320 g/mol. The lowest BCUT2D eigenvalue weighted by atomic mass is 10.0. The van der Waals surface area contributed by atoms with Gasteiger partial charge in [0.05, 0.1) is 6.54 Å². The fraction of sp³-hybridized carbons (Fsp3) is 0.786. The zero-order valence-corrected chi connectivity index (χ0v) is 13.5. The van der Waals surface area contributed by atoms with E-state index in [1.165, 1.54) is 45.3 Å². The lowest BCUT2D eigenvalue weighted by molar-refractivity contribution is 0.189. The number of hydrogen-bond acceptors (Lipinski definition) is 3. The number of nitrogens with one attached hydrogen (secondary N) is 1. The molecule has 2 heterocycles. The van der Waals surface area contributed by atoms with Crippen molar-refractivity contribution in [3.63, 3.8) is 0 Å². The summed E-state index contributed by atoms with van der Waals surface area (Å²) in [6, 6.07) is 2.76. The predicted molar refractivity (Wildman–Crippen MR) is 86.9 cm³/mol. The van der Waals surface area contributed by atoms with Gasteiger partial charge >= 0.3 is 0 Å². The summed E-state index contributed by atoms with van der Waals surface area (Å²) in [5.74, 6) is 1.00. The maximum atomic E-state index is 4.25. The first-order chi connectivity index (χ1) is 8.90. The highest BCUT2D eigenvalue weighted by molar-refractivity contribution is 5.85. The first-order valence-electron chi connectivity index (χ1n) is 7.33. The molecule has 1 aromatic heterocycles. The van der Waals surface area contributed by atoms with E-state index in [0.717, 1.165) is 25.0 Å². The molecule has 1 saturated carbocycles. The van der Waals surface area contributed by atoms with Crippen LogP contribution in [0.1, 0.15) is 25.7 Å². The predicted octanol–water partition coefficient (Wildman–Crippen LogP) is 2.19. The van der Waals surface area contributed by atoms with Gasteiger partial charge in [0.2, 0.25) is 0 Å². The third-order valence-electron chi connectivity index (χ3n) is 4.18. The van der Waals surface area contributed by atoms with E-state index in [1.807, 2.05) is 23.1 Å². The maximum absolute atomic E-state index is 4.25. The van der Waals surface area contributed by atoms with Crippen molar-refractivity contribution in [3.8, 4) is 0 Å². The molecule has 20 heavy (non-hydrogen) atoms. The van der Waals surface area contributed by atoms with Crippen LogP contribution in [0.25, 0.3) is 0 Å². The van der Waals surface area contributed by atoms with Gasteiger partial charge < -0.3 is 10.2 Å². The summed E-state index contributed by atoms with van der Waals surface area (Å²) in [5.41, 5.74) is 0. The molecule has 4 nitrogen and oxygen atoms in total. The zero-order valence-electron chi connectivity index (χ0n) is 11.9. The van der Waals surface area contributed by atoms with E-state index < -0.39 is 0 Å². The molecule has 6 heteroatoms. The second-order valence-corrected chi connectivity index (χ2v) is 5.74. The zero-order chi connectivity index (χ0) is 12.2. The number of piperidine rings is 1. The van der Waals surface area contributed by atoms with Crippen LogP contribution in [0.5, 0.6) is 0 Å². The van der Waals surface area contributed by atoms with Crippen LogP contribution in [0, 0.1) is 5.92 Å². The van der Waals surface area contributed by atoms with Crippen LogP contribution in [0.2, 0.25) is 0 Å². The van der Waals surface area contributed by atoms with E-state index in [1.54, 1.807) is 0 Å². The second kappa shape index (κ2) is 8.88. The highest BCUT2D eigenvalue weighted by Crippen LogP contribution is 2.28. The van der Waals surface area contributed by atoms with Crippen LogP contribution >= 0.6 is 24.8 Å². The molecule has 1 aliphatic carbocycles. The molecule has 0 amide bonds. The average Bonchev–Trinajstić information content (AvgIpc) is 3.09. The van der Waals surface area contributed by atoms with E-state index in [4.69, 9.17) is 0 Å². The van der Waals surface area contributed by atoms with E-state index in [2.05, 4.69) is 15.3 Å². The average molecular weight is 321 g/mol. The molecule has 0 aromatic carbocycles. The number of hydrogen-bond donors (Lipinski definition) is 1. The van der Waals surface area contributed by atoms with Crippen LogP contribution in [-0.2, 0) is 6.54 Å². The molecule has 1 saturated heterocycles. The third-order valence-corrected chi connectivity index (χ3v) is 4.18. The summed E-state index contributed by atoms with van der Waals surface area (Å²) in [6.07, 6.45) is 9.43. The van der Waals surface area contributed by atoms with Crippen LogP contribution in [0.3, 0.4) is 0 Å². The molecule has 1 aromatic rings. The standard InChI is InChI=1S/C14H24N4.2ClH/c1-6-16-18(7-1)11-10-17-8-4-14(5-9-17)15-12-13-2-3-13;;/h1,6-7,13-15H,2-5,8-12H2;2*1H. The number of aromatic nitrogens is 2. The Morgan fingerprint density at radius 1 is 1.05 bits per heavy atom. The van der Waals surface area contributed by atoms with Crippen molar-refractivity contribution in [2.24, 2.45) is 5.92 Å². The van der Waals surface area contributed by atoms with Crippen molar-refractivity contribution < 1.29 is 0 Å². The normalized spacial score (nSPS) is 20.2. The molecular weight excluding hydrogens is 295 g/mol. The van der Waals surface area contributed by atoms with Gasteiger partial charge in [0.15, 0.2) is 0 Å². The van der Waals surface area contributed by atoms with E-state index in [-0.39, 0.29) is 24.8 Å². The van der Waals surface area contributed by atoms with Crippen molar-refractivity contribution in [1.82, 2.24) is 20.0 Å². The Balaban J connectivity index is 0.000001000. The first kappa shape index (κ1) is 17.8. The van der Waals surface area contributed by atoms with E-state index in [9.17, 15) is 0 Å². The number of halogens is 2. The van der Waals surface area contributed by atoms with Crippen LogP contribution in [-0.4, -0.2) is 46.9 Å². The SMILES string of the molecule is Cl.Cl.c1cnn(CCN2CCC(NCC3CC3)CC2)c1. The minimum Gasteiger partial charge on any atom is -0.314 e. The van der Waals surface area contributed by atoms with Gasteiger partial charge in [-0.2, -0.15) is 5.10 Å². The molecule has 0 spiro atoms. The van der Waals surface area contributed by atoms with Gasteiger partial charge in [-0.25, -0.2) is 0 Å². The molecule has 0 bridgehead atoms. The maximum Gasteiger partial charge on any atom is 0.0536 e. The smallest absolute Gasteiger partial charge is 0.0536 e. The Bertz CT molecular complexity index is 346. The Kier molecular flexibility index (Phi) is 7.88. The molecule has 2 fully saturated rings. The third kappa shape index (κ3) is 5.60. The quantitative estimate of drug-likeness (QED) is 0.872. The topological polar surface area (TPSA) is 33.1 Å². The molecule has 1 aliphatic heterocycles. The lowest BCUT2D eigenvalue weighted by Gasteiger charge is -2.32. The minimum atomic E-state index is 0. The minimum absolute atomic E-state index is 0. The van der Waals surface area contributed by atoms with Gasteiger partial charge in [-0.15, -0.1) is 24.8 Å². The Hall–Kier alpha value is -0.290. The summed E-state index contributed by atoms with van der Waals surface area (Å²) < 4.78 is 2.03. The fourth-order valence-electron chi connectivity index (χ4n) is 2.69. The largest absolute Gasteiger partial charge is 0.314 e.